The molecule has 0 radical (unpaired) electrons. The second-order valence-electron chi connectivity index (χ2n) is 5.96. The highest BCUT2D eigenvalue weighted by atomic mass is 16.6. The van der Waals surface area contributed by atoms with Crippen LogP contribution in [0.2, 0.25) is 0 Å². The molecule has 0 saturated carbocycles. The average molecular weight is 367 g/mol. The van der Waals surface area contributed by atoms with Crippen LogP contribution in [0.25, 0.3) is 6.08 Å². The van der Waals surface area contributed by atoms with Gasteiger partial charge < -0.3 is 4.74 Å². The van der Waals surface area contributed by atoms with Crippen LogP contribution in [-0.2, 0) is 4.79 Å². The number of hydrazone groups is 1. The number of hydrogen-bond donors (Lipinski definition) is 1. The molecule has 2 rings (SSSR count). The van der Waals surface area contributed by atoms with Crippen LogP contribution in [0.4, 0.5) is 5.69 Å². The lowest BCUT2D eigenvalue weighted by molar-refractivity contribution is -0.384. The van der Waals surface area contributed by atoms with E-state index in [1.807, 2.05) is 32.9 Å². The number of non-ortho nitro benzene ring substituents is 1. The van der Waals surface area contributed by atoms with Crippen LogP contribution >= 0.6 is 0 Å². The van der Waals surface area contributed by atoms with Crippen LogP contribution in [0.5, 0.6) is 5.75 Å². The van der Waals surface area contributed by atoms with Crippen molar-refractivity contribution in [2.45, 2.75) is 20.8 Å². The van der Waals surface area contributed by atoms with Crippen LogP contribution in [0, 0.1) is 30.9 Å². The van der Waals surface area contributed by atoms with E-state index < -0.39 is 4.92 Å². The first kappa shape index (κ1) is 19.8. The van der Waals surface area contributed by atoms with E-state index in [2.05, 4.69) is 10.5 Å². The number of ether oxygens (including phenoxy) is 1. The van der Waals surface area contributed by atoms with Crippen molar-refractivity contribution in [3.8, 4) is 5.75 Å². The van der Waals surface area contributed by atoms with Crippen molar-refractivity contribution in [2.24, 2.45) is 5.10 Å². The van der Waals surface area contributed by atoms with Crippen molar-refractivity contribution in [2.75, 3.05) is 6.61 Å². The number of hydrogen-bond acceptors (Lipinski definition) is 5. The molecule has 7 heteroatoms. The second kappa shape index (κ2) is 9.28. The third-order valence-electron chi connectivity index (χ3n) is 3.96. The second-order valence-corrected chi connectivity index (χ2v) is 5.96. The van der Waals surface area contributed by atoms with Crippen molar-refractivity contribution in [1.82, 2.24) is 5.43 Å². The number of nitro benzene ring substituents is 1. The summed E-state index contributed by atoms with van der Waals surface area (Å²) >= 11 is 0. The molecule has 140 valence electrons. The average Bonchev–Trinajstić information content (AvgIpc) is 2.65. The predicted octanol–water partition coefficient (Wildman–Crippen LogP) is 3.71. The molecule has 0 aliphatic rings. The highest BCUT2D eigenvalue weighted by Gasteiger charge is 2.08. The molecule has 0 bridgehead atoms. The van der Waals surface area contributed by atoms with Gasteiger partial charge in [-0.25, -0.2) is 5.43 Å². The molecular weight excluding hydrogens is 346 g/mol. The van der Waals surface area contributed by atoms with Gasteiger partial charge in [0.05, 0.1) is 4.92 Å². The third-order valence-corrected chi connectivity index (χ3v) is 3.96. The number of amides is 1. The molecule has 27 heavy (non-hydrogen) atoms. The zero-order valence-corrected chi connectivity index (χ0v) is 15.4. The molecular formula is C20H21N3O4. The van der Waals surface area contributed by atoms with Crippen LogP contribution in [-0.4, -0.2) is 23.7 Å². The van der Waals surface area contributed by atoms with Gasteiger partial charge in [-0.05, 0) is 61.2 Å². The number of carbonyl (C=O) groups excluding carboxylic acids is 1. The number of carbonyl (C=O) groups is 1. The number of benzene rings is 2. The zero-order chi connectivity index (χ0) is 19.8. The van der Waals surface area contributed by atoms with Gasteiger partial charge in [-0.15, -0.1) is 0 Å². The monoisotopic (exact) mass is 367 g/mol. The van der Waals surface area contributed by atoms with E-state index in [0.717, 1.165) is 22.3 Å². The zero-order valence-electron chi connectivity index (χ0n) is 15.4. The highest BCUT2D eigenvalue weighted by molar-refractivity contribution is 5.82. The molecule has 1 N–H and O–H groups in total. The summed E-state index contributed by atoms with van der Waals surface area (Å²) in [5, 5.41) is 14.4. The van der Waals surface area contributed by atoms with Crippen molar-refractivity contribution >= 4 is 23.9 Å². The lowest BCUT2D eigenvalue weighted by atomic mass is 10.1. The van der Waals surface area contributed by atoms with Crippen molar-refractivity contribution in [3.05, 3.63) is 74.8 Å². The first-order valence-corrected chi connectivity index (χ1v) is 8.31. The number of nitro groups is 1. The van der Waals surface area contributed by atoms with Crippen LogP contribution in [0.1, 0.15) is 22.3 Å². The summed E-state index contributed by atoms with van der Waals surface area (Å²) in [4.78, 5) is 22.0. The van der Waals surface area contributed by atoms with Gasteiger partial charge in [-0.3, -0.25) is 14.9 Å². The smallest absolute Gasteiger partial charge is 0.277 e. The Morgan fingerprint density at radius 3 is 2.48 bits per heavy atom. The number of allylic oxidation sites excluding steroid dienone is 1. The van der Waals surface area contributed by atoms with E-state index in [1.54, 1.807) is 24.3 Å². The summed E-state index contributed by atoms with van der Waals surface area (Å²) in [6.45, 7) is 5.75. The Kier molecular flexibility index (Phi) is 6.82. The summed E-state index contributed by atoms with van der Waals surface area (Å²) in [5.74, 6) is 0.350. The third kappa shape index (κ3) is 5.78. The summed E-state index contributed by atoms with van der Waals surface area (Å²) < 4.78 is 5.61. The Hall–Kier alpha value is -3.48. The van der Waals surface area contributed by atoms with E-state index >= 15 is 0 Å². The van der Waals surface area contributed by atoms with Crippen LogP contribution in [0.15, 0.2) is 47.6 Å². The molecule has 0 aliphatic heterocycles. The Balaban J connectivity index is 1.81. The van der Waals surface area contributed by atoms with Crippen molar-refractivity contribution in [3.63, 3.8) is 0 Å². The standard InChI is InChI=1S/C20H21N3O4/c1-14-6-7-15(2)20(16(14)3)27-13-19(24)22-21-12-4-5-17-8-10-18(11-9-17)23(25)26/h4-12H,13H2,1-3H3,(H,22,24)/b5-4+,21-12-. The largest absolute Gasteiger partial charge is 0.483 e. The minimum atomic E-state index is -0.452. The van der Waals surface area contributed by atoms with Gasteiger partial charge in [0.1, 0.15) is 5.75 Å². The number of nitrogens with one attached hydrogen (secondary N) is 1. The van der Waals surface area contributed by atoms with E-state index in [9.17, 15) is 14.9 Å². The lowest BCUT2D eigenvalue weighted by Crippen LogP contribution is -2.24. The van der Waals surface area contributed by atoms with E-state index in [4.69, 9.17) is 4.74 Å². The van der Waals surface area contributed by atoms with Gasteiger partial charge in [0, 0.05) is 18.3 Å². The molecule has 0 heterocycles. The van der Waals surface area contributed by atoms with Gasteiger partial charge in [0.15, 0.2) is 6.61 Å². The number of rotatable bonds is 7. The van der Waals surface area contributed by atoms with Crippen LogP contribution in [0.3, 0.4) is 0 Å². The number of nitrogens with zero attached hydrogens (tertiary/aromatic N) is 2. The molecule has 0 aliphatic carbocycles. The quantitative estimate of drug-likeness (QED) is 0.458. The van der Waals surface area contributed by atoms with Gasteiger partial charge in [-0.1, -0.05) is 18.2 Å². The maximum atomic E-state index is 11.8. The minimum Gasteiger partial charge on any atom is -0.483 e. The Bertz CT molecular complexity index is 887. The maximum Gasteiger partial charge on any atom is 0.277 e. The summed E-state index contributed by atoms with van der Waals surface area (Å²) in [5.41, 5.74) is 6.29. The van der Waals surface area contributed by atoms with Crippen molar-refractivity contribution < 1.29 is 14.5 Å². The molecule has 0 atom stereocenters. The SMILES string of the molecule is Cc1ccc(C)c(OCC(=O)N/N=C\C=C\c2ccc([N+](=O)[O-])cc2)c1C. The fourth-order valence-electron chi connectivity index (χ4n) is 2.33. The van der Waals surface area contributed by atoms with E-state index in [1.165, 1.54) is 18.3 Å². The normalized spacial score (nSPS) is 11.1. The molecule has 0 unspecified atom stereocenters. The molecule has 0 fully saturated rings. The lowest BCUT2D eigenvalue weighted by Gasteiger charge is -2.13. The Morgan fingerprint density at radius 2 is 1.81 bits per heavy atom. The van der Waals surface area contributed by atoms with Gasteiger partial charge in [0.25, 0.3) is 11.6 Å². The minimum absolute atomic E-state index is 0.0344. The first-order valence-electron chi connectivity index (χ1n) is 8.31. The van der Waals surface area contributed by atoms with E-state index in [0.29, 0.717) is 5.75 Å². The fraction of sp³-hybridized carbons (Fsp3) is 0.200. The Labute approximate surface area is 157 Å². The molecule has 1 amide bonds. The summed E-state index contributed by atoms with van der Waals surface area (Å²) in [6.07, 6.45) is 4.76. The van der Waals surface area contributed by atoms with Gasteiger partial charge in [0.2, 0.25) is 0 Å². The van der Waals surface area contributed by atoms with E-state index in [-0.39, 0.29) is 18.2 Å². The van der Waals surface area contributed by atoms with Crippen molar-refractivity contribution in [1.29, 1.82) is 0 Å². The van der Waals surface area contributed by atoms with Gasteiger partial charge in [-0.2, -0.15) is 5.10 Å². The fourth-order valence-corrected chi connectivity index (χ4v) is 2.33. The predicted molar refractivity (Wildman–Crippen MR) is 105 cm³/mol. The Morgan fingerprint density at radius 1 is 1.15 bits per heavy atom. The molecule has 0 aromatic heterocycles. The molecule has 7 nitrogen and oxygen atoms in total. The number of aryl methyl sites for hydroxylation is 2. The first-order chi connectivity index (χ1) is 12.9. The van der Waals surface area contributed by atoms with Gasteiger partial charge >= 0.3 is 0 Å². The van der Waals surface area contributed by atoms with Crippen LogP contribution < -0.4 is 10.2 Å². The summed E-state index contributed by atoms with van der Waals surface area (Å²) in [6, 6.07) is 10.1. The topological polar surface area (TPSA) is 93.8 Å². The molecule has 0 saturated heterocycles. The maximum absolute atomic E-state index is 11.8. The molecule has 2 aromatic rings. The molecule has 0 spiro atoms. The molecule has 2 aromatic carbocycles. The highest BCUT2D eigenvalue weighted by Crippen LogP contribution is 2.25. The summed E-state index contributed by atoms with van der Waals surface area (Å²) in [7, 11) is 0.